The fourth-order valence-electron chi connectivity index (χ4n) is 2.38. The summed E-state index contributed by atoms with van der Waals surface area (Å²) in [6.45, 7) is 6.46. The Morgan fingerprint density at radius 1 is 1.29 bits per heavy atom. The molecule has 0 aliphatic rings. The first-order valence-electron chi connectivity index (χ1n) is 5.99. The number of nitrogens with one attached hydrogen (secondary N) is 1. The Kier molecular flexibility index (Phi) is 4.97. The molecule has 1 aromatic carbocycles. The number of aliphatic hydroxyl groups excluding tert-OH is 1. The van der Waals surface area contributed by atoms with Crippen molar-refractivity contribution in [2.45, 2.75) is 33.2 Å². The summed E-state index contributed by atoms with van der Waals surface area (Å²) in [6.07, 6.45) is 0.726. The van der Waals surface area contributed by atoms with Crippen molar-refractivity contribution in [3.05, 3.63) is 28.3 Å². The van der Waals surface area contributed by atoms with Crippen molar-refractivity contribution in [1.82, 2.24) is 5.32 Å². The number of benzene rings is 1. The molecule has 0 aliphatic carbocycles. The van der Waals surface area contributed by atoms with Crippen LogP contribution in [0.4, 0.5) is 0 Å². The number of aliphatic hydroxyl groups is 1. The lowest BCUT2D eigenvalue weighted by Gasteiger charge is -2.23. The minimum Gasteiger partial charge on any atom is -0.496 e. The van der Waals surface area contributed by atoms with Crippen LogP contribution in [0.2, 0.25) is 0 Å². The van der Waals surface area contributed by atoms with Gasteiger partial charge < -0.3 is 15.2 Å². The van der Waals surface area contributed by atoms with E-state index in [1.165, 1.54) is 22.3 Å². The minimum absolute atomic E-state index is 0.190. The van der Waals surface area contributed by atoms with E-state index in [0.717, 1.165) is 12.2 Å². The maximum Gasteiger partial charge on any atom is 0.122 e. The third-order valence-electron chi connectivity index (χ3n) is 3.44. The van der Waals surface area contributed by atoms with Crippen LogP contribution in [-0.2, 0) is 0 Å². The summed E-state index contributed by atoms with van der Waals surface area (Å²) in [4.78, 5) is 0. The Morgan fingerprint density at radius 3 is 2.41 bits per heavy atom. The maximum atomic E-state index is 9.12. The summed E-state index contributed by atoms with van der Waals surface area (Å²) in [5.74, 6) is 0.933. The molecule has 0 saturated heterocycles. The van der Waals surface area contributed by atoms with E-state index < -0.39 is 0 Å². The van der Waals surface area contributed by atoms with Crippen LogP contribution in [-0.4, -0.2) is 25.9 Å². The van der Waals surface area contributed by atoms with Gasteiger partial charge in [0.1, 0.15) is 5.75 Å². The van der Waals surface area contributed by atoms with Crippen LogP contribution in [0.25, 0.3) is 0 Å². The number of ether oxygens (including phenoxy) is 1. The number of hydrogen-bond donors (Lipinski definition) is 2. The summed E-state index contributed by atoms with van der Waals surface area (Å²) < 4.78 is 5.37. The second-order valence-electron chi connectivity index (χ2n) is 4.41. The predicted octanol–water partition coefficient (Wildman–Crippen LogP) is 2.26. The number of aryl methyl sites for hydroxylation is 1. The second-order valence-corrected chi connectivity index (χ2v) is 4.41. The molecule has 1 atom stereocenters. The molecule has 3 nitrogen and oxygen atoms in total. The molecule has 0 spiro atoms. The van der Waals surface area contributed by atoms with Gasteiger partial charge in [0, 0.05) is 12.6 Å². The van der Waals surface area contributed by atoms with Gasteiger partial charge in [0.25, 0.3) is 0 Å². The highest BCUT2D eigenvalue weighted by Gasteiger charge is 2.17. The Bertz CT molecular complexity index is 388. The van der Waals surface area contributed by atoms with Gasteiger partial charge in [-0.15, -0.1) is 0 Å². The Morgan fingerprint density at radius 2 is 1.94 bits per heavy atom. The summed E-state index contributed by atoms with van der Waals surface area (Å²) in [5, 5.41) is 12.4. The van der Waals surface area contributed by atoms with Gasteiger partial charge in [0.2, 0.25) is 0 Å². The smallest absolute Gasteiger partial charge is 0.122 e. The van der Waals surface area contributed by atoms with Crippen LogP contribution in [0, 0.1) is 20.8 Å². The number of methoxy groups -OCH3 is 1. The lowest BCUT2D eigenvalue weighted by atomic mass is 9.91. The van der Waals surface area contributed by atoms with Crippen molar-refractivity contribution < 1.29 is 9.84 Å². The van der Waals surface area contributed by atoms with Crippen LogP contribution >= 0.6 is 0 Å². The molecular weight excluding hydrogens is 214 g/mol. The lowest BCUT2D eigenvalue weighted by Crippen LogP contribution is -2.20. The average molecular weight is 237 g/mol. The topological polar surface area (TPSA) is 41.5 Å². The van der Waals surface area contributed by atoms with E-state index in [2.05, 4.69) is 32.2 Å². The molecule has 3 heteroatoms. The third-order valence-corrected chi connectivity index (χ3v) is 3.44. The molecular formula is C14H23NO2. The Labute approximate surface area is 104 Å². The average Bonchev–Trinajstić information content (AvgIpc) is 2.32. The molecule has 0 aliphatic heterocycles. The van der Waals surface area contributed by atoms with Gasteiger partial charge in [-0.3, -0.25) is 0 Å². The number of rotatable bonds is 5. The first-order chi connectivity index (χ1) is 8.06. The van der Waals surface area contributed by atoms with Gasteiger partial charge in [-0.2, -0.15) is 0 Å². The molecule has 0 saturated carbocycles. The second kappa shape index (κ2) is 6.03. The van der Waals surface area contributed by atoms with E-state index in [1.54, 1.807) is 7.11 Å². The van der Waals surface area contributed by atoms with Crippen LogP contribution < -0.4 is 10.1 Å². The highest BCUT2D eigenvalue weighted by molar-refractivity contribution is 5.49. The largest absolute Gasteiger partial charge is 0.496 e. The molecule has 2 N–H and O–H groups in total. The molecule has 0 fully saturated rings. The minimum atomic E-state index is 0.190. The summed E-state index contributed by atoms with van der Waals surface area (Å²) in [6, 6.07) is 2.27. The standard InChI is InChI=1S/C14H23NO2/c1-9-8-13(17-5)10(2)11(3)14(9)12(15-4)6-7-16/h8,12,15-16H,6-7H2,1-5H3. The zero-order valence-electron chi connectivity index (χ0n) is 11.4. The Balaban J connectivity index is 3.28. The molecule has 0 radical (unpaired) electrons. The van der Waals surface area contributed by atoms with Crippen molar-refractivity contribution in [3.8, 4) is 5.75 Å². The van der Waals surface area contributed by atoms with E-state index in [1.807, 2.05) is 7.05 Å². The monoisotopic (exact) mass is 237 g/mol. The Hall–Kier alpha value is -1.06. The predicted molar refractivity (Wildman–Crippen MR) is 70.7 cm³/mol. The fraction of sp³-hybridized carbons (Fsp3) is 0.571. The fourth-order valence-corrected chi connectivity index (χ4v) is 2.38. The first kappa shape index (κ1) is 14.0. The molecule has 1 aromatic rings. The highest BCUT2D eigenvalue weighted by Crippen LogP contribution is 2.32. The molecule has 0 bridgehead atoms. The van der Waals surface area contributed by atoms with Gasteiger partial charge in [-0.1, -0.05) is 0 Å². The van der Waals surface area contributed by atoms with Crippen molar-refractivity contribution in [3.63, 3.8) is 0 Å². The molecule has 1 unspecified atom stereocenters. The lowest BCUT2D eigenvalue weighted by molar-refractivity contribution is 0.268. The number of hydrogen-bond acceptors (Lipinski definition) is 3. The normalized spacial score (nSPS) is 12.6. The molecule has 0 aromatic heterocycles. The third kappa shape index (κ3) is 2.79. The summed E-state index contributed by atoms with van der Waals surface area (Å²) in [5.41, 5.74) is 4.90. The maximum absolute atomic E-state index is 9.12. The van der Waals surface area contributed by atoms with Crippen LogP contribution in [0.5, 0.6) is 5.75 Å². The van der Waals surface area contributed by atoms with Gasteiger partial charge in [0.05, 0.1) is 7.11 Å². The molecule has 0 amide bonds. The van der Waals surface area contributed by atoms with Crippen LogP contribution in [0.3, 0.4) is 0 Å². The van der Waals surface area contributed by atoms with Crippen molar-refractivity contribution in [1.29, 1.82) is 0 Å². The van der Waals surface area contributed by atoms with E-state index in [-0.39, 0.29) is 12.6 Å². The van der Waals surface area contributed by atoms with Gasteiger partial charge in [-0.25, -0.2) is 0 Å². The molecule has 96 valence electrons. The molecule has 17 heavy (non-hydrogen) atoms. The van der Waals surface area contributed by atoms with E-state index in [9.17, 15) is 0 Å². The highest BCUT2D eigenvalue weighted by atomic mass is 16.5. The quantitative estimate of drug-likeness (QED) is 0.825. The van der Waals surface area contributed by atoms with Crippen molar-refractivity contribution in [2.24, 2.45) is 0 Å². The summed E-state index contributed by atoms with van der Waals surface area (Å²) in [7, 11) is 3.63. The molecule has 1 rings (SSSR count). The van der Waals surface area contributed by atoms with Gasteiger partial charge >= 0.3 is 0 Å². The summed E-state index contributed by atoms with van der Waals surface area (Å²) >= 11 is 0. The van der Waals surface area contributed by atoms with Gasteiger partial charge in [0.15, 0.2) is 0 Å². The van der Waals surface area contributed by atoms with Crippen LogP contribution in [0.1, 0.15) is 34.7 Å². The SMILES string of the molecule is CNC(CCO)c1c(C)cc(OC)c(C)c1C. The van der Waals surface area contributed by atoms with Gasteiger partial charge in [-0.05, 0) is 62.6 Å². The molecule has 0 heterocycles. The van der Waals surface area contributed by atoms with Crippen molar-refractivity contribution >= 4 is 0 Å². The van der Waals surface area contributed by atoms with E-state index >= 15 is 0 Å². The van der Waals surface area contributed by atoms with E-state index in [0.29, 0.717) is 0 Å². The zero-order chi connectivity index (χ0) is 13.0. The van der Waals surface area contributed by atoms with Crippen molar-refractivity contribution in [2.75, 3.05) is 20.8 Å². The first-order valence-corrected chi connectivity index (χ1v) is 5.99. The zero-order valence-corrected chi connectivity index (χ0v) is 11.4. The van der Waals surface area contributed by atoms with Crippen LogP contribution in [0.15, 0.2) is 6.07 Å². The van der Waals surface area contributed by atoms with E-state index in [4.69, 9.17) is 9.84 Å².